The summed E-state index contributed by atoms with van der Waals surface area (Å²) < 4.78 is 47.3. The number of halogens is 2. The van der Waals surface area contributed by atoms with Crippen molar-refractivity contribution < 1.29 is 37.6 Å². The first-order chi connectivity index (χ1) is 18.7. The van der Waals surface area contributed by atoms with Gasteiger partial charge in [-0.3, -0.25) is 4.79 Å². The average molecular weight is 560 g/mol. The SMILES string of the molecule is CC(C)[C@H](CO)NC(c1ccc2c(c1)OC(F)(F)O2)c1cnc(NC(=O)C2(c3ccc4c(c3)OCO4)CC2)s1. The minimum atomic E-state index is -3.73. The number of amides is 1. The maximum atomic E-state index is 13.6. The van der Waals surface area contributed by atoms with Gasteiger partial charge < -0.3 is 34.7 Å². The van der Waals surface area contributed by atoms with Crippen molar-refractivity contribution in [3.05, 3.63) is 58.6 Å². The molecule has 39 heavy (non-hydrogen) atoms. The molecule has 9 nitrogen and oxygen atoms in total. The molecule has 0 spiro atoms. The van der Waals surface area contributed by atoms with E-state index in [4.69, 9.17) is 9.47 Å². The molecule has 3 aromatic rings. The number of nitrogens with zero attached hydrogens (tertiary/aromatic N) is 1. The van der Waals surface area contributed by atoms with Gasteiger partial charge in [-0.1, -0.05) is 37.3 Å². The van der Waals surface area contributed by atoms with Crippen LogP contribution in [-0.2, 0) is 10.2 Å². The Morgan fingerprint density at radius 3 is 2.56 bits per heavy atom. The predicted molar refractivity (Wildman–Crippen MR) is 138 cm³/mol. The van der Waals surface area contributed by atoms with E-state index in [1.54, 1.807) is 12.3 Å². The molecular formula is C27H27F2N3O6S. The van der Waals surface area contributed by atoms with Gasteiger partial charge >= 0.3 is 6.29 Å². The van der Waals surface area contributed by atoms with Gasteiger partial charge in [0.25, 0.3) is 0 Å². The Balaban J connectivity index is 1.25. The van der Waals surface area contributed by atoms with Gasteiger partial charge in [0.2, 0.25) is 12.7 Å². The molecule has 206 valence electrons. The first kappa shape index (κ1) is 25.8. The van der Waals surface area contributed by atoms with Gasteiger partial charge in [0.15, 0.2) is 28.1 Å². The van der Waals surface area contributed by atoms with Crippen LogP contribution < -0.4 is 29.6 Å². The molecule has 1 aliphatic carbocycles. The van der Waals surface area contributed by atoms with Gasteiger partial charge in [-0.2, -0.15) is 0 Å². The van der Waals surface area contributed by atoms with Crippen molar-refractivity contribution in [3.63, 3.8) is 0 Å². The van der Waals surface area contributed by atoms with Crippen molar-refractivity contribution in [3.8, 4) is 23.0 Å². The maximum Gasteiger partial charge on any atom is 0.586 e. The molecule has 1 fully saturated rings. The van der Waals surface area contributed by atoms with Crippen molar-refractivity contribution in [2.24, 2.45) is 5.92 Å². The fourth-order valence-corrected chi connectivity index (χ4v) is 5.72. The van der Waals surface area contributed by atoms with E-state index in [0.717, 1.165) is 10.4 Å². The van der Waals surface area contributed by atoms with Gasteiger partial charge in [0.1, 0.15) is 0 Å². The van der Waals surface area contributed by atoms with E-state index >= 15 is 0 Å². The number of carbonyl (C=O) groups is 1. The summed E-state index contributed by atoms with van der Waals surface area (Å²) in [6.45, 7) is 3.97. The predicted octanol–water partition coefficient (Wildman–Crippen LogP) is 4.56. The van der Waals surface area contributed by atoms with E-state index in [1.165, 1.54) is 23.5 Å². The molecule has 2 atom stereocenters. The lowest BCUT2D eigenvalue weighted by molar-refractivity contribution is -0.286. The van der Waals surface area contributed by atoms with Gasteiger partial charge in [0, 0.05) is 17.1 Å². The first-order valence-electron chi connectivity index (χ1n) is 12.6. The standard InChI is InChI=1S/C27H27F2N3O6S/c1-14(2)17(12-33)31-23(15-3-5-19-21(9-15)38-27(28,29)37-19)22-11-30-25(39-22)32-24(34)26(7-8-26)16-4-6-18-20(10-16)36-13-35-18/h3-6,9-11,14,17,23,31,33H,7-8,12-13H2,1-2H3,(H,30,32,34)/t17-,23?/m0/s1. The summed E-state index contributed by atoms with van der Waals surface area (Å²) in [5, 5.41) is 16.7. The number of thiazole rings is 1. The number of alkyl halides is 2. The van der Waals surface area contributed by atoms with E-state index in [-0.39, 0.29) is 42.8 Å². The zero-order valence-electron chi connectivity index (χ0n) is 21.2. The van der Waals surface area contributed by atoms with Crippen molar-refractivity contribution in [2.45, 2.75) is 50.5 Å². The highest BCUT2D eigenvalue weighted by Gasteiger charge is 2.52. The molecule has 0 bridgehead atoms. The third-order valence-corrected chi connectivity index (χ3v) is 8.26. The van der Waals surface area contributed by atoms with E-state index < -0.39 is 17.8 Å². The summed E-state index contributed by atoms with van der Waals surface area (Å²) in [5.41, 5.74) is 0.822. The minimum absolute atomic E-state index is 0.0550. The van der Waals surface area contributed by atoms with Crippen molar-refractivity contribution in [2.75, 3.05) is 18.7 Å². The first-order valence-corrected chi connectivity index (χ1v) is 13.4. The molecule has 1 unspecified atom stereocenters. The molecule has 0 radical (unpaired) electrons. The van der Waals surface area contributed by atoms with E-state index in [0.29, 0.717) is 35.0 Å². The number of carbonyl (C=O) groups excluding carboxylic acids is 1. The van der Waals surface area contributed by atoms with E-state index in [9.17, 15) is 18.7 Å². The third kappa shape index (κ3) is 4.88. The fourth-order valence-electron chi connectivity index (χ4n) is 4.82. The average Bonchev–Trinajstić information content (AvgIpc) is 3.20. The maximum absolute atomic E-state index is 13.6. The minimum Gasteiger partial charge on any atom is -0.454 e. The monoisotopic (exact) mass is 559 g/mol. The summed E-state index contributed by atoms with van der Waals surface area (Å²) in [5.74, 6) is 1.08. The number of rotatable bonds is 9. The molecule has 1 amide bonds. The normalized spacial score (nSPS) is 19.1. The van der Waals surface area contributed by atoms with Crippen molar-refractivity contribution in [1.29, 1.82) is 0 Å². The highest BCUT2D eigenvalue weighted by molar-refractivity contribution is 7.15. The van der Waals surface area contributed by atoms with Crippen LogP contribution in [-0.4, -0.2) is 41.7 Å². The van der Waals surface area contributed by atoms with Crippen LogP contribution in [0.4, 0.5) is 13.9 Å². The number of nitrogens with one attached hydrogen (secondary N) is 2. The number of hydrogen-bond acceptors (Lipinski definition) is 9. The second-order valence-corrected chi connectivity index (χ2v) is 11.2. The Kier molecular flexibility index (Phi) is 6.35. The van der Waals surface area contributed by atoms with Gasteiger partial charge in [-0.05, 0) is 54.2 Å². The molecule has 6 rings (SSSR count). The highest BCUT2D eigenvalue weighted by Crippen LogP contribution is 2.51. The molecule has 3 heterocycles. The molecule has 3 aliphatic rings. The number of aromatic nitrogens is 1. The third-order valence-electron chi connectivity index (χ3n) is 7.28. The molecule has 2 aliphatic heterocycles. The Morgan fingerprint density at radius 2 is 1.82 bits per heavy atom. The Bertz CT molecular complexity index is 1410. The number of ether oxygens (including phenoxy) is 4. The Labute approximate surface area is 227 Å². The fraction of sp³-hybridized carbons (Fsp3) is 0.407. The number of aliphatic hydroxyl groups is 1. The second-order valence-electron chi connectivity index (χ2n) is 10.2. The molecule has 2 aromatic carbocycles. The van der Waals surface area contributed by atoms with Gasteiger partial charge in [0.05, 0.1) is 18.1 Å². The smallest absolute Gasteiger partial charge is 0.454 e. The van der Waals surface area contributed by atoms with Crippen LogP contribution in [0.3, 0.4) is 0 Å². The Morgan fingerprint density at radius 1 is 1.08 bits per heavy atom. The summed E-state index contributed by atoms with van der Waals surface area (Å²) in [6, 6.07) is 9.32. The molecule has 1 saturated carbocycles. The van der Waals surface area contributed by atoms with Crippen LogP contribution in [0.25, 0.3) is 0 Å². The lowest BCUT2D eigenvalue weighted by Gasteiger charge is -2.26. The largest absolute Gasteiger partial charge is 0.586 e. The van der Waals surface area contributed by atoms with Crippen LogP contribution in [0.1, 0.15) is 48.7 Å². The number of aliphatic hydroxyl groups excluding tert-OH is 1. The summed E-state index contributed by atoms with van der Waals surface area (Å²) in [4.78, 5) is 18.5. The molecule has 12 heteroatoms. The molecule has 0 saturated heterocycles. The van der Waals surface area contributed by atoms with Crippen molar-refractivity contribution in [1.82, 2.24) is 10.3 Å². The summed E-state index contributed by atoms with van der Waals surface area (Å²) >= 11 is 1.27. The number of anilines is 1. The van der Waals surface area contributed by atoms with Crippen LogP contribution in [0.15, 0.2) is 42.6 Å². The summed E-state index contributed by atoms with van der Waals surface area (Å²) in [6.07, 6.45) is -0.690. The zero-order valence-corrected chi connectivity index (χ0v) is 22.0. The Hall–Kier alpha value is -3.48. The van der Waals surface area contributed by atoms with E-state index in [1.807, 2.05) is 32.0 Å². The molecular weight excluding hydrogens is 532 g/mol. The van der Waals surface area contributed by atoms with Crippen LogP contribution in [0.2, 0.25) is 0 Å². The number of benzene rings is 2. The second kappa shape index (κ2) is 9.61. The molecule has 1 aromatic heterocycles. The van der Waals surface area contributed by atoms with Crippen LogP contribution in [0.5, 0.6) is 23.0 Å². The molecule has 3 N–H and O–H groups in total. The van der Waals surface area contributed by atoms with Gasteiger partial charge in [-0.15, -0.1) is 8.78 Å². The van der Waals surface area contributed by atoms with Gasteiger partial charge in [-0.25, -0.2) is 4.98 Å². The lowest BCUT2D eigenvalue weighted by Crippen LogP contribution is -2.39. The topological polar surface area (TPSA) is 111 Å². The number of hydrogen-bond donors (Lipinski definition) is 3. The van der Waals surface area contributed by atoms with E-state index in [2.05, 4.69) is 25.1 Å². The summed E-state index contributed by atoms with van der Waals surface area (Å²) in [7, 11) is 0. The van der Waals surface area contributed by atoms with Crippen LogP contribution in [0, 0.1) is 5.92 Å². The quantitative estimate of drug-likeness (QED) is 0.350. The zero-order chi connectivity index (χ0) is 27.4. The number of fused-ring (bicyclic) bond motifs is 2. The lowest BCUT2D eigenvalue weighted by atomic mass is 9.94. The highest BCUT2D eigenvalue weighted by atomic mass is 32.1. The van der Waals surface area contributed by atoms with Crippen molar-refractivity contribution >= 4 is 22.4 Å². The van der Waals surface area contributed by atoms with Crippen LogP contribution >= 0.6 is 11.3 Å².